The van der Waals surface area contributed by atoms with Crippen LogP contribution in [0.1, 0.15) is 84.4 Å². The van der Waals surface area contributed by atoms with E-state index in [-0.39, 0.29) is 56.6 Å². The molecule has 5 aliphatic rings. The number of hydrogen-bond donors (Lipinski definition) is 4. The summed E-state index contributed by atoms with van der Waals surface area (Å²) < 4.78 is 57.1. The highest BCUT2D eigenvalue weighted by atomic mass is 32.1. The van der Waals surface area contributed by atoms with E-state index in [9.17, 15) is 37.5 Å². The molecule has 4 aliphatic heterocycles. The van der Waals surface area contributed by atoms with Crippen LogP contribution in [0.2, 0.25) is 13.1 Å². The SMILES string of the molecule is C=C(F)C(=O)Nc1ccc(C2=N[C@@H]([C@@H](CC)C(=O)NCCOCCOCCNC(=O)c3ccc(C(=O)O)c(C4=C5C=CC(=[N+]6CC(F)C6)C=C5[Si-](C)(C)c5cc(N6CC(F)C6)ccc54)c3)c3nnc(C)n3-c3sc(C)c(C)c32)cc1. The fourth-order valence-electron chi connectivity index (χ4n) is 11.0. The molecule has 1 aliphatic carbocycles. The Balaban J connectivity index is 0.758. The van der Waals surface area contributed by atoms with Crippen molar-refractivity contribution in [2.45, 2.75) is 65.6 Å². The van der Waals surface area contributed by atoms with Crippen molar-refractivity contribution >= 4 is 76.7 Å². The monoisotopic (exact) mass is 1130 g/mol. The summed E-state index contributed by atoms with van der Waals surface area (Å²) in [6.07, 6.45) is 4.69. The first kappa shape index (κ1) is 55.7. The molecule has 2 fully saturated rings. The number of aromatic carboxylic acids is 1. The van der Waals surface area contributed by atoms with E-state index in [1.54, 1.807) is 41.7 Å². The second-order valence-corrected chi connectivity index (χ2v) is 26.6. The number of thiophene rings is 1. The first-order valence-corrected chi connectivity index (χ1v) is 30.6. The summed E-state index contributed by atoms with van der Waals surface area (Å²) in [5.74, 6) is -3.29. The smallest absolute Gasteiger partial charge is 0.336 e. The van der Waals surface area contributed by atoms with Crippen LogP contribution in [-0.4, -0.2) is 146 Å². The number of carbonyl (C=O) groups excluding carboxylic acids is 3. The lowest BCUT2D eigenvalue weighted by molar-refractivity contribution is -0.599. The number of aryl methyl sites for hydroxylation is 2. The van der Waals surface area contributed by atoms with Crippen LogP contribution in [0.15, 0.2) is 107 Å². The lowest BCUT2D eigenvalue weighted by Crippen LogP contribution is -2.52. The summed E-state index contributed by atoms with van der Waals surface area (Å²) in [6, 6.07) is 16.8. The van der Waals surface area contributed by atoms with E-state index in [2.05, 4.69) is 58.0 Å². The molecule has 2 saturated heterocycles. The Kier molecular flexibility index (Phi) is 15.9. The van der Waals surface area contributed by atoms with Crippen molar-refractivity contribution in [3.05, 3.63) is 158 Å². The fourth-order valence-corrected chi connectivity index (χ4v) is 15.3. The van der Waals surface area contributed by atoms with Crippen LogP contribution >= 0.6 is 11.3 Å². The average Bonchev–Trinajstić information content (AvgIpc) is 3.89. The number of carbonyl (C=O) groups is 4. The van der Waals surface area contributed by atoms with Gasteiger partial charge >= 0.3 is 5.97 Å². The Morgan fingerprint density at radius 3 is 2.27 bits per heavy atom. The molecule has 0 unspecified atom stereocenters. The topological polar surface area (TPSA) is 192 Å². The number of hydrogen-bond acceptors (Lipinski definition) is 11. The maximum absolute atomic E-state index is 14.1. The molecule has 3 aromatic carbocycles. The number of rotatable bonds is 19. The van der Waals surface area contributed by atoms with Gasteiger partial charge in [0.05, 0.1) is 56.7 Å². The molecule has 80 heavy (non-hydrogen) atoms. The zero-order valence-corrected chi connectivity index (χ0v) is 47.2. The predicted octanol–water partition coefficient (Wildman–Crippen LogP) is 7.60. The van der Waals surface area contributed by atoms with Gasteiger partial charge in [-0.15, -0.1) is 21.5 Å². The van der Waals surface area contributed by atoms with E-state index in [4.69, 9.17) is 14.5 Å². The zero-order valence-electron chi connectivity index (χ0n) is 45.4. The number of anilines is 2. The van der Waals surface area contributed by atoms with Gasteiger partial charge in [-0.1, -0.05) is 51.9 Å². The number of alkyl halides is 2. The van der Waals surface area contributed by atoms with Crippen molar-refractivity contribution in [3.63, 3.8) is 0 Å². The number of ether oxygens (including phenoxy) is 2. The van der Waals surface area contributed by atoms with Gasteiger partial charge in [0, 0.05) is 52.1 Å². The summed E-state index contributed by atoms with van der Waals surface area (Å²) in [5.41, 5.74) is 8.56. The molecule has 417 valence electrons. The fraction of sp³-hybridized carbons (Fsp3) is 0.356. The predicted molar refractivity (Wildman–Crippen MR) is 305 cm³/mol. The van der Waals surface area contributed by atoms with Gasteiger partial charge in [0.25, 0.3) is 11.8 Å². The third-order valence-corrected chi connectivity index (χ3v) is 20.2. The standard InChI is InChI=1S/C59H62F3N9O7SSi/c1-8-43(53-54-68-67-35(5)71(54)58-50(32(2)34(4)79-58)52(66-53)36-9-12-40(13-10-36)65-55(72)33(3)60)57(74)64-20-22-78-24-23-77-21-19-63-56(73)37-11-16-44(59(75)76)47(25-37)51-45-17-14-41(69-28-38(61)29-69)26-48(45)80(6,7)49-27-42(15-18-46(49)51)70-30-39(62)31-70/h9-18,25-27,38-39,43,53H,3,8,19-24,28-31H2,1-2,4-7H3,(H3-,63,64,65,66,72,73,74,75,76)/q-1/p+1/t43-,53+/m1/s1. The zero-order chi connectivity index (χ0) is 56.7. The number of carboxylic acids is 1. The lowest BCUT2D eigenvalue weighted by Gasteiger charge is -2.48. The van der Waals surface area contributed by atoms with Crippen molar-refractivity contribution < 1.29 is 51.5 Å². The van der Waals surface area contributed by atoms with Gasteiger partial charge in [-0.2, -0.15) is 23.5 Å². The van der Waals surface area contributed by atoms with Crippen LogP contribution in [0.5, 0.6) is 0 Å². The molecule has 2 aromatic heterocycles. The normalized spacial score (nSPS) is 18.3. The second kappa shape index (κ2) is 22.9. The quantitative estimate of drug-likeness (QED) is 0.0277. The van der Waals surface area contributed by atoms with Gasteiger partial charge in [-0.25, -0.2) is 22.5 Å². The van der Waals surface area contributed by atoms with Crippen LogP contribution in [0, 0.1) is 26.7 Å². The molecule has 3 amide bonds. The van der Waals surface area contributed by atoms with Crippen LogP contribution in [0.3, 0.4) is 0 Å². The highest BCUT2D eigenvalue weighted by molar-refractivity contribution is 7.15. The van der Waals surface area contributed by atoms with Crippen molar-refractivity contribution in [2.24, 2.45) is 10.9 Å². The van der Waals surface area contributed by atoms with Crippen molar-refractivity contribution in [1.29, 1.82) is 0 Å². The number of halogens is 3. The van der Waals surface area contributed by atoms with Crippen LogP contribution in [0.25, 0.3) is 10.6 Å². The molecular weight excluding hydrogens is 1060 g/mol. The van der Waals surface area contributed by atoms with Crippen LogP contribution in [-0.2, 0) is 19.1 Å². The molecule has 16 nitrogen and oxygen atoms in total. The first-order valence-electron chi connectivity index (χ1n) is 26.7. The van der Waals surface area contributed by atoms with Gasteiger partial charge in [0.2, 0.25) is 12.1 Å². The lowest BCUT2D eigenvalue weighted by atomic mass is 9.86. The van der Waals surface area contributed by atoms with Crippen molar-refractivity contribution in [3.8, 4) is 5.00 Å². The van der Waals surface area contributed by atoms with Gasteiger partial charge in [-0.05, 0) is 97.5 Å². The molecule has 0 spiro atoms. The van der Waals surface area contributed by atoms with E-state index >= 15 is 0 Å². The molecule has 0 saturated carbocycles. The van der Waals surface area contributed by atoms with Crippen molar-refractivity contribution in [2.75, 3.05) is 75.9 Å². The summed E-state index contributed by atoms with van der Waals surface area (Å²) in [6.45, 7) is 17.8. The third-order valence-electron chi connectivity index (χ3n) is 15.5. The Morgan fingerprint density at radius 2 is 1.61 bits per heavy atom. The Bertz CT molecular complexity index is 3510. The number of carboxylic acid groups (broad SMARTS) is 1. The number of amides is 3. The maximum atomic E-state index is 14.1. The number of aliphatic imine (C=N–C) groups is 1. The summed E-state index contributed by atoms with van der Waals surface area (Å²) in [5, 5.41) is 31.0. The Hall–Kier alpha value is -7.59. The van der Waals surface area contributed by atoms with E-state index in [1.807, 2.05) is 66.0 Å². The summed E-state index contributed by atoms with van der Waals surface area (Å²) in [4.78, 5) is 61.1. The molecular formula is C59H63F3N9O7SSi. The average molecular weight is 1130 g/mol. The minimum Gasteiger partial charge on any atom is -0.478 e. The number of allylic oxidation sites excluding steroid dienone is 5. The Labute approximate surface area is 466 Å². The van der Waals surface area contributed by atoms with Gasteiger partial charge < -0.3 is 35.4 Å². The van der Waals surface area contributed by atoms with E-state index < -0.39 is 56.0 Å². The number of benzene rings is 3. The molecule has 10 rings (SSSR count). The molecule has 21 heteroatoms. The van der Waals surface area contributed by atoms with E-state index in [0.717, 1.165) is 59.5 Å². The number of nitrogens with zero attached hydrogens (tertiary/aromatic N) is 6. The minimum atomic E-state index is -2.50. The maximum Gasteiger partial charge on any atom is 0.336 e. The number of aromatic nitrogens is 3. The molecule has 5 aromatic rings. The van der Waals surface area contributed by atoms with Crippen LogP contribution in [0.4, 0.5) is 24.5 Å². The molecule has 0 bridgehead atoms. The number of nitrogens with one attached hydrogen (secondary N) is 3. The highest BCUT2D eigenvalue weighted by Gasteiger charge is 2.40. The van der Waals surface area contributed by atoms with E-state index in [0.29, 0.717) is 66.8 Å². The Morgan fingerprint density at radius 1 is 0.900 bits per heavy atom. The second-order valence-electron chi connectivity index (χ2n) is 21.1. The minimum absolute atomic E-state index is 0.0343. The van der Waals surface area contributed by atoms with Gasteiger partial charge in [0.1, 0.15) is 23.0 Å². The highest BCUT2D eigenvalue weighted by Crippen LogP contribution is 2.45. The first-order chi connectivity index (χ1) is 38.3. The largest absolute Gasteiger partial charge is 0.478 e. The van der Waals surface area contributed by atoms with Crippen molar-refractivity contribution in [1.82, 2.24) is 25.4 Å². The van der Waals surface area contributed by atoms with E-state index in [1.165, 1.54) is 12.1 Å². The summed E-state index contributed by atoms with van der Waals surface area (Å²) in [7, 11) is -2.50. The van der Waals surface area contributed by atoms with Gasteiger partial charge in [0.15, 0.2) is 30.5 Å². The van der Waals surface area contributed by atoms with Crippen LogP contribution < -0.4 is 26.0 Å². The molecule has 2 atom stereocenters. The van der Waals surface area contributed by atoms with Gasteiger partial charge in [-0.3, -0.25) is 23.9 Å². The molecule has 0 radical (unpaired) electrons. The summed E-state index contributed by atoms with van der Waals surface area (Å²) >= 11 is 1.59. The number of fused-ring (bicyclic) bond motifs is 5. The third kappa shape index (κ3) is 10.8. The molecule has 4 N–H and O–H groups in total. The molecule has 6 heterocycles.